The highest BCUT2D eigenvalue weighted by Crippen LogP contribution is 2.08. The lowest BCUT2D eigenvalue weighted by atomic mass is 10.1. The molecular formula is C16H22N4O7S. The summed E-state index contributed by atoms with van der Waals surface area (Å²) in [5, 5.41) is 20.8. The quantitative estimate of drug-likeness (QED) is 0.322. The lowest BCUT2D eigenvalue weighted by molar-refractivity contribution is -0.143. The zero-order chi connectivity index (χ0) is 21.5. The van der Waals surface area contributed by atoms with Gasteiger partial charge in [-0.2, -0.15) is 0 Å². The topological polar surface area (TPSA) is 185 Å². The van der Waals surface area contributed by atoms with Crippen molar-refractivity contribution in [2.75, 3.05) is 13.1 Å². The van der Waals surface area contributed by atoms with E-state index in [-0.39, 0.29) is 16.4 Å². The fraction of sp³-hybridized carbons (Fsp3) is 0.375. The first-order chi connectivity index (χ1) is 12.9. The van der Waals surface area contributed by atoms with Crippen molar-refractivity contribution in [3.8, 4) is 0 Å². The van der Waals surface area contributed by atoms with Gasteiger partial charge in [0.15, 0.2) is 0 Å². The van der Waals surface area contributed by atoms with Crippen LogP contribution in [0.1, 0.15) is 24.2 Å². The number of hydrogen-bond donors (Lipinski definition) is 5. The second kappa shape index (κ2) is 9.80. The molecule has 0 spiro atoms. The van der Waals surface area contributed by atoms with E-state index in [0.29, 0.717) is 0 Å². The number of carboxylic acid groups (broad SMARTS) is 1. The van der Waals surface area contributed by atoms with Gasteiger partial charge < -0.3 is 21.1 Å². The monoisotopic (exact) mass is 414 g/mol. The third-order valence-corrected chi connectivity index (χ3v) is 4.48. The lowest BCUT2D eigenvalue weighted by Crippen LogP contribution is -2.49. The maximum atomic E-state index is 11.9. The number of nitrogens with two attached hydrogens (primary N) is 1. The van der Waals surface area contributed by atoms with Crippen LogP contribution in [0.25, 0.3) is 0 Å². The summed E-state index contributed by atoms with van der Waals surface area (Å²) >= 11 is 0. The molecule has 0 aliphatic carbocycles. The van der Waals surface area contributed by atoms with Crippen molar-refractivity contribution >= 4 is 33.7 Å². The molecule has 0 aliphatic heterocycles. The molecule has 1 aromatic rings. The molecule has 154 valence electrons. The third-order valence-electron chi connectivity index (χ3n) is 3.55. The minimum atomic E-state index is -3.88. The Balaban J connectivity index is 2.46. The fourth-order valence-corrected chi connectivity index (χ4v) is 2.55. The third kappa shape index (κ3) is 7.32. The summed E-state index contributed by atoms with van der Waals surface area (Å²) in [6, 6.07) is 3.70. The molecule has 11 nitrogen and oxygen atoms in total. The van der Waals surface area contributed by atoms with Crippen LogP contribution >= 0.6 is 0 Å². The van der Waals surface area contributed by atoms with Gasteiger partial charge >= 0.3 is 5.97 Å². The van der Waals surface area contributed by atoms with E-state index >= 15 is 0 Å². The Hall–Kier alpha value is -2.99. The van der Waals surface area contributed by atoms with Gasteiger partial charge in [-0.05, 0) is 30.2 Å². The molecule has 1 rings (SSSR count). The number of aliphatic carboxylic acids is 1. The van der Waals surface area contributed by atoms with Gasteiger partial charge in [-0.1, -0.05) is 13.8 Å². The molecule has 1 aromatic carbocycles. The Kier molecular flexibility index (Phi) is 8.07. The van der Waals surface area contributed by atoms with E-state index in [9.17, 15) is 27.6 Å². The number of sulfonamides is 1. The molecule has 0 fully saturated rings. The Bertz CT molecular complexity index is 850. The summed E-state index contributed by atoms with van der Waals surface area (Å²) < 4.78 is 22.3. The number of rotatable bonds is 9. The van der Waals surface area contributed by atoms with E-state index < -0.39 is 52.8 Å². The SMILES string of the molecule is CC(C)[C@H](NC(=O)CNC(=O)CNC(=O)c1ccc(S(N)(=O)=O)cc1)C(=O)O. The van der Waals surface area contributed by atoms with Crippen LogP contribution in [0.5, 0.6) is 0 Å². The number of amides is 3. The fourth-order valence-electron chi connectivity index (χ4n) is 2.04. The number of carbonyl (C=O) groups is 4. The molecule has 28 heavy (non-hydrogen) atoms. The molecule has 6 N–H and O–H groups in total. The highest BCUT2D eigenvalue weighted by Gasteiger charge is 2.23. The van der Waals surface area contributed by atoms with Crippen LogP contribution in [-0.2, 0) is 24.4 Å². The number of benzene rings is 1. The van der Waals surface area contributed by atoms with Gasteiger partial charge in [0.05, 0.1) is 18.0 Å². The molecule has 0 aromatic heterocycles. The van der Waals surface area contributed by atoms with E-state index in [0.717, 1.165) is 12.1 Å². The van der Waals surface area contributed by atoms with Crippen molar-refractivity contribution in [2.24, 2.45) is 11.1 Å². The normalized spacial score (nSPS) is 12.1. The maximum absolute atomic E-state index is 11.9. The van der Waals surface area contributed by atoms with Crippen molar-refractivity contribution in [3.63, 3.8) is 0 Å². The van der Waals surface area contributed by atoms with Crippen molar-refractivity contribution in [3.05, 3.63) is 29.8 Å². The second-order valence-electron chi connectivity index (χ2n) is 6.16. The summed E-state index contributed by atoms with van der Waals surface area (Å²) in [6.07, 6.45) is 0. The van der Waals surface area contributed by atoms with Gasteiger partial charge in [-0.15, -0.1) is 0 Å². The van der Waals surface area contributed by atoms with Crippen LogP contribution in [0.4, 0.5) is 0 Å². The smallest absolute Gasteiger partial charge is 0.326 e. The molecule has 3 amide bonds. The molecule has 0 bridgehead atoms. The first-order valence-corrected chi connectivity index (χ1v) is 9.66. The largest absolute Gasteiger partial charge is 0.480 e. The first-order valence-electron chi connectivity index (χ1n) is 8.11. The zero-order valence-electron chi connectivity index (χ0n) is 15.3. The van der Waals surface area contributed by atoms with Gasteiger partial charge in [-0.25, -0.2) is 18.4 Å². The van der Waals surface area contributed by atoms with Gasteiger partial charge in [0.1, 0.15) is 6.04 Å². The number of hydrogen-bond acceptors (Lipinski definition) is 6. The van der Waals surface area contributed by atoms with Crippen LogP contribution in [0, 0.1) is 5.92 Å². The van der Waals surface area contributed by atoms with E-state index in [1.54, 1.807) is 13.8 Å². The Morgan fingerprint density at radius 2 is 1.54 bits per heavy atom. The summed E-state index contributed by atoms with van der Waals surface area (Å²) in [5.41, 5.74) is 0.110. The molecular weight excluding hydrogens is 392 g/mol. The van der Waals surface area contributed by atoms with E-state index in [1.807, 2.05) is 0 Å². The molecule has 0 saturated carbocycles. The van der Waals surface area contributed by atoms with E-state index in [1.165, 1.54) is 12.1 Å². The molecule has 0 aliphatic rings. The molecule has 0 heterocycles. The lowest BCUT2D eigenvalue weighted by Gasteiger charge is -2.18. The van der Waals surface area contributed by atoms with Crippen LogP contribution in [-0.4, -0.2) is 56.3 Å². The van der Waals surface area contributed by atoms with Crippen LogP contribution in [0.15, 0.2) is 29.2 Å². The van der Waals surface area contributed by atoms with Crippen molar-refractivity contribution in [2.45, 2.75) is 24.8 Å². The maximum Gasteiger partial charge on any atom is 0.326 e. The number of nitrogens with one attached hydrogen (secondary N) is 3. The zero-order valence-corrected chi connectivity index (χ0v) is 16.1. The highest BCUT2D eigenvalue weighted by molar-refractivity contribution is 7.89. The van der Waals surface area contributed by atoms with Crippen molar-refractivity contribution in [1.29, 1.82) is 0 Å². The standard InChI is InChI=1S/C16H22N4O7S/c1-9(2)14(16(24)25)20-13(22)8-18-12(21)7-19-15(23)10-3-5-11(6-4-10)28(17,26)27/h3-6,9,14H,7-8H2,1-2H3,(H,18,21)(H,19,23)(H,20,22)(H,24,25)(H2,17,26,27)/t14-/m0/s1. The molecule has 0 radical (unpaired) electrons. The minimum absolute atomic E-state index is 0.110. The molecule has 1 atom stereocenters. The van der Waals surface area contributed by atoms with Crippen molar-refractivity contribution < 1.29 is 32.7 Å². The van der Waals surface area contributed by atoms with Crippen LogP contribution in [0.3, 0.4) is 0 Å². The molecule has 12 heteroatoms. The summed E-state index contributed by atoms with van der Waals surface area (Å²) in [6.45, 7) is 2.37. The average molecular weight is 414 g/mol. The van der Waals surface area contributed by atoms with Crippen molar-refractivity contribution in [1.82, 2.24) is 16.0 Å². The number of carboxylic acids is 1. The van der Waals surface area contributed by atoms with Gasteiger partial charge in [0, 0.05) is 5.56 Å². The first kappa shape index (κ1) is 23.0. The summed E-state index contributed by atoms with van der Waals surface area (Å²) in [4.78, 5) is 46.2. The average Bonchev–Trinajstić information content (AvgIpc) is 2.61. The summed E-state index contributed by atoms with van der Waals surface area (Å²) in [7, 11) is -3.88. The van der Waals surface area contributed by atoms with Gasteiger partial charge in [0.25, 0.3) is 5.91 Å². The summed E-state index contributed by atoms with van der Waals surface area (Å²) in [5.74, 6) is -3.50. The number of carbonyl (C=O) groups excluding carboxylic acids is 3. The highest BCUT2D eigenvalue weighted by atomic mass is 32.2. The van der Waals surface area contributed by atoms with E-state index in [2.05, 4.69) is 16.0 Å². The molecule has 0 saturated heterocycles. The number of primary sulfonamides is 1. The van der Waals surface area contributed by atoms with Gasteiger partial charge in [0.2, 0.25) is 21.8 Å². The Labute approximate surface area is 161 Å². The minimum Gasteiger partial charge on any atom is -0.480 e. The van der Waals surface area contributed by atoms with Crippen LogP contribution < -0.4 is 21.1 Å². The Morgan fingerprint density at radius 3 is 2.00 bits per heavy atom. The molecule has 0 unspecified atom stereocenters. The predicted molar refractivity (Wildman–Crippen MR) is 97.6 cm³/mol. The van der Waals surface area contributed by atoms with Crippen LogP contribution in [0.2, 0.25) is 0 Å². The predicted octanol–water partition coefficient (Wildman–Crippen LogP) is -1.59. The Morgan fingerprint density at radius 1 is 1.00 bits per heavy atom. The van der Waals surface area contributed by atoms with Gasteiger partial charge in [-0.3, -0.25) is 14.4 Å². The van der Waals surface area contributed by atoms with E-state index in [4.69, 9.17) is 10.2 Å². The second-order valence-corrected chi connectivity index (χ2v) is 7.72.